The van der Waals surface area contributed by atoms with E-state index >= 15 is 0 Å². The van der Waals surface area contributed by atoms with Crippen LogP contribution in [-0.4, -0.2) is 34.6 Å². The minimum absolute atomic E-state index is 0.0436. The van der Waals surface area contributed by atoms with Gasteiger partial charge in [-0.3, -0.25) is 0 Å². The van der Waals surface area contributed by atoms with E-state index < -0.39 is 16.0 Å². The minimum Gasteiger partial charge on any atom is -0.456 e. The number of nitrogens with zero attached hydrogens (tertiary/aromatic N) is 3. The van der Waals surface area contributed by atoms with Gasteiger partial charge in [-0.15, -0.1) is 0 Å². The van der Waals surface area contributed by atoms with Crippen LogP contribution in [0.2, 0.25) is 5.02 Å². The van der Waals surface area contributed by atoms with Gasteiger partial charge in [0, 0.05) is 25.5 Å². The summed E-state index contributed by atoms with van der Waals surface area (Å²) < 4.78 is 35.0. The van der Waals surface area contributed by atoms with Crippen molar-refractivity contribution >= 4 is 33.2 Å². The molecule has 0 radical (unpaired) electrons. The fourth-order valence-corrected chi connectivity index (χ4v) is 5.55. The van der Waals surface area contributed by atoms with Crippen LogP contribution in [0.3, 0.4) is 0 Å². The lowest BCUT2D eigenvalue weighted by atomic mass is 10.0. The number of carbonyl (C=O) groups excluding carboxylic acids is 1. The summed E-state index contributed by atoms with van der Waals surface area (Å²) >= 11 is 5.98. The van der Waals surface area contributed by atoms with Crippen molar-refractivity contribution in [2.45, 2.75) is 24.5 Å². The van der Waals surface area contributed by atoms with E-state index in [9.17, 15) is 13.2 Å². The van der Waals surface area contributed by atoms with E-state index in [1.165, 1.54) is 22.5 Å². The SMILES string of the molecule is O=C(OCc1cn2cc(Cl)ccc2n1)c1cccc(S(=O)(=O)N2CCc3ccccc3C2)c1. The molecule has 1 aliphatic rings. The quantitative estimate of drug-likeness (QED) is 0.401. The van der Waals surface area contributed by atoms with Gasteiger partial charge in [-0.05, 0) is 47.9 Å². The number of rotatable bonds is 5. The highest BCUT2D eigenvalue weighted by molar-refractivity contribution is 7.89. The zero-order chi connectivity index (χ0) is 23.0. The molecular formula is C24H20ClN3O4S. The highest BCUT2D eigenvalue weighted by Gasteiger charge is 2.28. The summed E-state index contributed by atoms with van der Waals surface area (Å²) in [6, 6.07) is 17.3. The van der Waals surface area contributed by atoms with Crippen LogP contribution in [0.15, 0.2) is 78.0 Å². The number of esters is 1. The molecule has 1 aliphatic heterocycles. The fourth-order valence-electron chi connectivity index (χ4n) is 3.92. The third-order valence-corrected chi connectivity index (χ3v) is 7.68. The summed E-state index contributed by atoms with van der Waals surface area (Å²) in [6.07, 6.45) is 4.09. The molecule has 5 rings (SSSR count). The van der Waals surface area contributed by atoms with Gasteiger partial charge in [0.25, 0.3) is 0 Å². The monoisotopic (exact) mass is 481 g/mol. The molecule has 0 N–H and O–H groups in total. The van der Waals surface area contributed by atoms with E-state index in [0.717, 1.165) is 11.1 Å². The van der Waals surface area contributed by atoms with E-state index in [1.54, 1.807) is 35.0 Å². The van der Waals surface area contributed by atoms with Crippen LogP contribution in [0.25, 0.3) is 5.65 Å². The van der Waals surface area contributed by atoms with E-state index in [-0.39, 0.29) is 17.1 Å². The molecule has 33 heavy (non-hydrogen) atoms. The number of imidazole rings is 1. The Hall–Kier alpha value is -3.20. The first-order chi connectivity index (χ1) is 15.9. The maximum atomic E-state index is 13.2. The van der Waals surface area contributed by atoms with Gasteiger partial charge in [-0.25, -0.2) is 18.2 Å². The highest BCUT2D eigenvalue weighted by Crippen LogP contribution is 2.25. The van der Waals surface area contributed by atoms with Crippen molar-refractivity contribution in [3.05, 3.63) is 100 Å². The number of benzene rings is 2. The van der Waals surface area contributed by atoms with Crippen LogP contribution in [-0.2, 0) is 34.3 Å². The number of fused-ring (bicyclic) bond motifs is 2. The van der Waals surface area contributed by atoms with Crippen molar-refractivity contribution in [2.24, 2.45) is 0 Å². The Morgan fingerprint density at radius 3 is 2.70 bits per heavy atom. The second-order valence-corrected chi connectivity index (χ2v) is 10.2. The molecule has 3 heterocycles. The zero-order valence-corrected chi connectivity index (χ0v) is 19.1. The number of hydrogen-bond donors (Lipinski definition) is 0. The normalized spacial score (nSPS) is 14.2. The van der Waals surface area contributed by atoms with Crippen LogP contribution in [0.1, 0.15) is 27.2 Å². The summed E-state index contributed by atoms with van der Waals surface area (Å²) in [6.45, 7) is 0.662. The molecule has 2 aromatic heterocycles. The van der Waals surface area contributed by atoms with Crippen LogP contribution in [0.5, 0.6) is 0 Å². The lowest BCUT2D eigenvalue weighted by Gasteiger charge is -2.28. The Labute approximate surface area is 196 Å². The molecule has 0 aliphatic carbocycles. The molecule has 0 amide bonds. The van der Waals surface area contributed by atoms with Gasteiger partial charge < -0.3 is 9.14 Å². The van der Waals surface area contributed by atoms with E-state index in [0.29, 0.717) is 35.9 Å². The molecule has 0 atom stereocenters. The molecule has 9 heteroatoms. The predicted octanol–water partition coefficient (Wildman–Crippen LogP) is 4.09. The Bertz CT molecular complexity index is 1470. The Morgan fingerprint density at radius 2 is 1.85 bits per heavy atom. The maximum absolute atomic E-state index is 13.2. The number of halogens is 1. The number of pyridine rings is 1. The van der Waals surface area contributed by atoms with Crippen molar-refractivity contribution in [3.8, 4) is 0 Å². The molecule has 0 unspecified atom stereocenters. The molecule has 4 aromatic rings. The number of aromatic nitrogens is 2. The molecule has 0 saturated heterocycles. The van der Waals surface area contributed by atoms with Crippen LogP contribution in [0.4, 0.5) is 0 Å². The molecular weight excluding hydrogens is 462 g/mol. The van der Waals surface area contributed by atoms with Gasteiger partial charge in [0.2, 0.25) is 10.0 Å². The first kappa shape index (κ1) is 21.6. The maximum Gasteiger partial charge on any atom is 0.338 e. The third kappa shape index (κ3) is 4.37. The average Bonchev–Trinajstić information content (AvgIpc) is 3.24. The third-order valence-electron chi connectivity index (χ3n) is 5.62. The van der Waals surface area contributed by atoms with Crippen LogP contribution in [0, 0.1) is 0 Å². The molecule has 2 aromatic carbocycles. The standard InChI is InChI=1S/C24H20ClN3O4S/c25-20-8-9-23-26-21(15-27(23)14-20)16-32-24(29)18-6-3-7-22(12-18)33(30,31)28-11-10-17-4-1-2-5-19(17)13-28/h1-9,12,14-15H,10-11,13,16H2. The molecule has 0 fully saturated rings. The molecule has 0 bridgehead atoms. The van der Waals surface area contributed by atoms with E-state index in [1.807, 2.05) is 24.3 Å². The first-order valence-electron chi connectivity index (χ1n) is 10.4. The number of sulfonamides is 1. The molecule has 0 spiro atoms. The summed E-state index contributed by atoms with van der Waals surface area (Å²) in [5, 5.41) is 0.568. The Kier molecular flexibility index (Phi) is 5.65. The van der Waals surface area contributed by atoms with Gasteiger partial charge in [0.05, 0.1) is 21.2 Å². The van der Waals surface area contributed by atoms with Gasteiger partial charge >= 0.3 is 5.97 Å². The summed E-state index contributed by atoms with van der Waals surface area (Å²) in [4.78, 5) is 17.1. The van der Waals surface area contributed by atoms with Crippen LogP contribution >= 0.6 is 11.6 Å². The smallest absolute Gasteiger partial charge is 0.338 e. The van der Waals surface area contributed by atoms with Crippen molar-refractivity contribution in [1.82, 2.24) is 13.7 Å². The largest absolute Gasteiger partial charge is 0.456 e. The van der Waals surface area contributed by atoms with Crippen molar-refractivity contribution in [3.63, 3.8) is 0 Å². The number of hydrogen-bond acceptors (Lipinski definition) is 5. The topological polar surface area (TPSA) is 81.0 Å². The summed E-state index contributed by atoms with van der Waals surface area (Å²) in [5.74, 6) is -0.619. The van der Waals surface area contributed by atoms with Crippen molar-refractivity contribution in [1.29, 1.82) is 0 Å². The lowest BCUT2D eigenvalue weighted by molar-refractivity contribution is 0.0468. The number of carbonyl (C=O) groups is 1. The number of ether oxygens (including phenoxy) is 1. The van der Waals surface area contributed by atoms with Gasteiger partial charge in [0.15, 0.2) is 0 Å². The first-order valence-corrected chi connectivity index (χ1v) is 12.2. The van der Waals surface area contributed by atoms with Crippen molar-refractivity contribution < 1.29 is 17.9 Å². The molecule has 7 nitrogen and oxygen atoms in total. The second-order valence-electron chi connectivity index (χ2n) is 7.81. The van der Waals surface area contributed by atoms with Crippen molar-refractivity contribution in [2.75, 3.05) is 6.54 Å². The minimum atomic E-state index is -3.75. The highest BCUT2D eigenvalue weighted by atomic mass is 35.5. The fraction of sp³-hybridized carbons (Fsp3) is 0.167. The summed E-state index contributed by atoms with van der Waals surface area (Å²) in [5.41, 5.74) is 3.57. The van der Waals surface area contributed by atoms with Gasteiger partial charge in [-0.2, -0.15) is 4.31 Å². The predicted molar refractivity (Wildman–Crippen MR) is 124 cm³/mol. The van der Waals surface area contributed by atoms with E-state index in [4.69, 9.17) is 16.3 Å². The zero-order valence-electron chi connectivity index (χ0n) is 17.5. The summed E-state index contributed by atoms with van der Waals surface area (Å²) in [7, 11) is -3.75. The Morgan fingerprint density at radius 1 is 1.03 bits per heavy atom. The molecule has 0 saturated carbocycles. The average molecular weight is 482 g/mol. The van der Waals surface area contributed by atoms with E-state index in [2.05, 4.69) is 4.98 Å². The lowest BCUT2D eigenvalue weighted by Crippen LogP contribution is -2.36. The van der Waals surface area contributed by atoms with Gasteiger partial charge in [-0.1, -0.05) is 41.9 Å². The Balaban J connectivity index is 1.31. The van der Waals surface area contributed by atoms with Crippen LogP contribution < -0.4 is 0 Å². The molecule has 168 valence electrons. The second kappa shape index (κ2) is 8.62. The van der Waals surface area contributed by atoms with Gasteiger partial charge in [0.1, 0.15) is 12.3 Å².